The molecule has 3 aliphatic heterocycles. The number of ether oxygens (including phenoxy) is 1. The van der Waals surface area contributed by atoms with Gasteiger partial charge in [0, 0.05) is 49.2 Å². The lowest BCUT2D eigenvalue weighted by Crippen LogP contribution is -2.53. The highest BCUT2D eigenvalue weighted by molar-refractivity contribution is 6.08. The highest BCUT2D eigenvalue weighted by Crippen LogP contribution is 2.49. The molecule has 4 heterocycles. The Morgan fingerprint density at radius 3 is 2.75 bits per heavy atom. The molecule has 0 bridgehead atoms. The predicted octanol–water partition coefficient (Wildman–Crippen LogP) is 3.81. The molecule has 8 nitrogen and oxygen atoms in total. The van der Waals surface area contributed by atoms with E-state index in [1.54, 1.807) is 30.2 Å². The fourth-order valence-electron chi connectivity index (χ4n) is 5.99. The number of imide groups is 1. The molecule has 3 aliphatic rings. The van der Waals surface area contributed by atoms with Gasteiger partial charge in [-0.25, -0.2) is 4.79 Å². The molecule has 0 radical (unpaired) electrons. The number of methoxy groups -OCH3 is 1. The number of phenols is 1. The van der Waals surface area contributed by atoms with Gasteiger partial charge in [-0.15, -0.1) is 0 Å². The Kier molecular flexibility index (Phi) is 5.30. The van der Waals surface area contributed by atoms with Crippen molar-refractivity contribution in [2.45, 2.75) is 31.3 Å². The number of carbonyl (C=O) groups excluding carboxylic acids is 2. The fraction of sp³-hybridized carbons (Fsp3) is 0.357. The smallest absolute Gasteiger partial charge is 0.328 e. The molecule has 2 N–H and O–H groups in total. The molecule has 1 aromatic heterocycles. The van der Waals surface area contributed by atoms with Crippen molar-refractivity contribution in [3.8, 4) is 11.5 Å². The van der Waals surface area contributed by atoms with Crippen LogP contribution in [0.5, 0.6) is 11.5 Å². The summed E-state index contributed by atoms with van der Waals surface area (Å²) in [5.74, 6) is 0.678. The summed E-state index contributed by atoms with van der Waals surface area (Å²) in [5.41, 5.74) is 2.50. The first-order chi connectivity index (χ1) is 17.4. The second-order valence-electron chi connectivity index (χ2n) is 10.0. The zero-order chi connectivity index (χ0) is 25.0. The average Bonchev–Trinajstić information content (AvgIpc) is 3.33. The van der Waals surface area contributed by atoms with E-state index >= 15 is 0 Å². The number of aromatic hydroxyl groups is 1. The maximum atomic E-state index is 13.9. The van der Waals surface area contributed by atoms with Gasteiger partial charge in [0.15, 0.2) is 0 Å². The summed E-state index contributed by atoms with van der Waals surface area (Å²) < 4.78 is 5.47. The average molecular weight is 487 g/mol. The number of aromatic amines is 1. The van der Waals surface area contributed by atoms with Crippen LogP contribution in [0.2, 0.25) is 0 Å². The highest BCUT2D eigenvalue weighted by atomic mass is 16.5. The maximum absolute atomic E-state index is 13.9. The SMILES string of the molecule is COc1ccc2[nH]c3c(c2c1)CC1(C)C(=O)N(CCN2CC=CCC2)C(=O)N1C3c1cccc(O)c1. The van der Waals surface area contributed by atoms with Gasteiger partial charge >= 0.3 is 6.03 Å². The molecule has 6 rings (SSSR count). The summed E-state index contributed by atoms with van der Waals surface area (Å²) in [6.07, 6.45) is 5.68. The Bertz CT molecular complexity index is 1400. The molecule has 2 unspecified atom stereocenters. The molecule has 36 heavy (non-hydrogen) atoms. The Balaban J connectivity index is 1.45. The number of fused-ring (bicyclic) bond motifs is 4. The van der Waals surface area contributed by atoms with E-state index in [9.17, 15) is 14.7 Å². The number of benzene rings is 2. The lowest BCUT2D eigenvalue weighted by Gasteiger charge is -2.42. The number of rotatable bonds is 5. The number of amides is 3. The zero-order valence-corrected chi connectivity index (χ0v) is 20.5. The van der Waals surface area contributed by atoms with Crippen molar-refractivity contribution in [1.29, 1.82) is 0 Å². The van der Waals surface area contributed by atoms with Crippen LogP contribution in [0.15, 0.2) is 54.6 Å². The molecule has 186 valence electrons. The van der Waals surface area contributed by atoms with Crippen LogP contribution in [0.25, 0.3) is 10.9 Å². The number of urea groups is 1. The van der Waals surface area contributed by atoms with Gasteiger partial charge in [-0.05, 0) is 54.8 Å². The van der Waals surface area contributed by atoms with E-state index in [0.717, 1.165) is 53.0 Å². The van der Waals surface area contributed by atoms with Crippen molar-refractivity contribution in [3.05, 3.63) is 71.4 Å². The van der Waals surface area contributed by atoms with Gasteiger partial charge in [-0.1, -0.05) is 24.3 Å². The number of aromatic nitrogens is 1. The Labute approximate surface area is 209 Å². The quantitative estimate of drug-likeness (QED) is 0.423. The minimum atomic E-state index is -1.04. The Hall–Kier alpha value is -3.78. The second kappa shape index (κ2) is 8.41. The molecule has 1 fully saturated rings. The summed E-state index contributed by atoms with van der Waals surface area (Å²) >= 11 is 0. The molecular weight excluding hydrogens is 456 g/mol. The van der Waals surface area contributed by atoms with E-state index in [4.69, 9.17) is 4.74 Å². The lowest BCUT2D eigenvalue weighted by atomic mass is 9.81. The molecule has 0 aliphatic carbocycles. The molecule has 2 atom stereocenters. The molecule has 0 saturated carbocycles. The summed E-state index contributed by atoms with van der Waals surface area (Å²) in [7, 11) is 1.63. The van der Waals surface area contributed by atoms with Gasteiger partial charge in [0.05, 0.1) is 7.11 Å². The number of hydrogen-bond acceptors (Lipinski definition) is 5. The van der Waals surface area contributed by atoms with Crippen molar-refractivity contribution in [1.82, 2.24) is 19.7 Å². The standard InChI is InChI=1S/C28H30N4O4/c1-28-17-22-21-16-20(36-2)9-10-23(21)29-24(22)25(18-7-6-8-19(33)15-18)32(28)27(35)31(26(28)34)14-13-30-11-4-3-5-12-30/h3-4,6-10,15-16,25,29,33H,5,11-14,17H2,1-2H3. The van der Waals surface area contributed by atoms with Crippen molar-refractivity contribution >= 4 is 22.8 Å². The summed E-state index contributed by atoms with van der Waals surface area (Å²) in [6, 6.07) is 12.0. The van der Waals surface area contributed by atoms with Crippen molar-refractivity contribution in [2.24, 2.45) is 0 Å². The minimum Gasteiger partial charge on any atom is -0.508 e. The van der Waals surface area contributed by atoms with Crippen LogP contribution < -0.4 is 4.74 Å². The van der Waals surface area contributed by atoms with Crippen LogP contribution in [0.1, 0.15) is 36.2 Å². The highest BCUT2D eigenvalue weighted by Gasteiger charge is 2.60. The van der Waals surface area contributed by atoms with Crippen LogP contribution in [-0.2, 0) is 11.2 Å². The summed E-state index contributed by atoms with van der Waals surface area (Å²) in [6.45, 7) is 4.63. The first kappa shape index (κ1) is 22.7. The summed E-state index contributed by atoms with van der Waals surface area (Å²) in [4.78, 5) is 36.8. The van der Waals surface area contributed by atoms with E-state index in [2.05, 4.69) is 22.0 Å². The number of carbonyl (C=O) groups is 2. The van der Waals surface area contributed by atoms with E-state index in [1.807, 2.05) is 31.2 Å². The van der Waals surface area contributed by atoms with Crippen molar-refractivity contribution in [3.63, 3.8) is 0 Å². The molecule has 3 aromatic rings. The first-order valence-corrected chi connectivity index (χ1v) is 12.4. The van der Waals surface area contributed by atoms with Gasteiger partial charge in [0.1, 0.15) is 23.1 Å². The van der Waals surface area contributed by atoms with E-state index in [-0.39, 0.29) is 17.7 Å². The molecule has 2 aromatic carbocycles. The Morgan fingerprint density at radius 1 is 1.14 bits per heavy atom. The number of nitrogens with zero attached hydrogens (tertiary/aromatic N) is 3. The third-order valence-corrected chi connectivity index (χ3v) is 7.84. The predicted molar refractivity (Wildman–Crippen MR) is 136 cm³/mol. The van der Waals surface area contributed by atoms with Gasteiger partial charge in [-0.3, -0.25) is 19.5 Å². The summed E-state index contributed by atoms with van der Waals surface area (Å²) in [5, 5.41) is 11.3. The van der Waals surface area contributed by atoms with Crippen LogP contribution >= 0.6 is 0 Å². The van der Waals surface area contributed by atoms with Gasteiger partial charge < -0.3 is 14.8 Å². The molecule has 8 heteroatoms. The van der Waals surface area contributed by atoms with Crippen molar-refractivity contribution < 1.29 is 19.4 Å². The van der Waals surface area contributed by atoms with Gasteiger partial charge in [0.25, 0.3) is 5.91 Å². The fourth-order valence-corrected chi connectivity index (χ4v) is 5.99. The van der Waals surface area contributed by atoms with Crippen LogP contribution in [0.3, 0.4) is 0 Å². The third-order valence-electron chi connectivity index (χ3n) is 7.84. The van der Waals surface area contributed by atoms with Gasteiger partial charge in [0.2, 0.25) is 0 Å². The molecule has 1 saturated heterocycles. The monoisotopic (exact) mass is 486 g/mol. The molecule has 3 amide bonds. The maximum Gasteiger partial charge on any atom is 0.328 e. The topological polar surface area (TPSA) is 89.1 Å². The largest absolute Gasteiger partial charge is 0.508 e. The van der Waals surface area contributed by atoms with Crippen molar-refractivity contribution in [2.75, 3.05) is 33.3 Å². The second-order valence-corrected chi connectivity index (χ2v) is 10.0. The van der Waals surface area contributed by atoms with Gasteiger partial charge in [-0.2, -0.15) is 0 Å². The van der Waals surface area contributed by atoms with E-state index in [1.165, 1.54) is 4.90 Å². The lowest BCUT2D eigenvalue weighted by molar-refractivity contribution is -0.133. The molecular formula is C28H30N4O4. The number of nitrogens with one attached hydrogen (secondary N) is 1. The zero-order valence-electron chi connectivity index (χ0n) is 20.5. The minimum absolute atomic E-state index is 0.118. The van der Waals surface area contributed by atoms with E-state index < -0.39 is 11.6 Å². The normalized spacial score (nSPS) is 23.9. The molecule has 0 spiro atoms. The number of phenolic OH excluding ortho intramolecular Hbond substituents is 1. The third kappa shape index (κ3) is 3.39. The van der Waals surface area contributed by atoms with Crippen LogP contribution in [0.4, 0.5) is 4.79 Å². The van der Waals surface area contributed by atoms with Crippen LogP contribution in [0, 0.1) is 0 Å². The number of hydrogen-bond donors (Lipinski definition) is 2. The number of H-pyrrole nitrogens is 1. The van der Waals surface area contributed by atoms with Crippen LogP contribution in [-0.4, -0.2) is 75.6 Å². The van der Waals surface area contributed by atoms with E-state index in [0.29, 0.717) is 19.5 Å². The Morgan fingerprint density at radius 2 is 2.00 bits per heavy atom. The first-order valence-electron chi connectivity index (χ1n) is 12.4.